The van der Waals surface area contributed by atoms with Crippen LogP contribution in [0.1, 0.15) is 29.9 Å². The summed E-state index contributed by atoms with van der Waals surface area (Å²) >= 11 is 0. The van der Waals surface area contributed by atoms with Gasteiger partial charge in [0.05, 0.1) is 0 Å². The largest absolute Gasteiger partial charge is 0.292 e. The summed E-state index contributed by atoms with van der Waals surface area (Å²) in [5, 5.41) is 0. The molecule has 0 unspecified atom stereocenters. The molecule has 92 valence electrons. The third-order valence-electron chi connectivity index (χ3n) is 3.00. The van der Waals surface area contributed by atoms with E-state index in [1.165, 1.54) is 5.56 Å². The van der Waals surface area contributed by atoms with Gasteiger partial charge in [-0.15, -0.1) is 0 Å². The van der Waals surface area contributed by atoms with Gasteiger partial charge in [0.15, 0.2) is 5.78 Å². The molecule has 18 heavy (non-hydrogen) atoms. The second-order valence-corrected chi connectivity index (χ2v) is 5.09. The highest BCUT2D eigenvalue weighted by Crippen LogP contribution is 2.25. The summed E-state index contributed by atoms with van der Waals surface area (Å²) in [4.78, 5) is 16.5. The first-order valence-electron chi connectivity index (χ1n) is 6.09. The van der Waals surface area contributed by atoms with Gasteiger partial charge in [-0.3, -0.25) is 9.78 Å². The van der Waals surface area contributed by atoms with Crippen molar-refractivity contribution in [3.8, 4) is 0 Å². The first-order chi connectivity index (χ1) is 8.59. The fraction of sp³-hybridized carbons (Fsp3) is 0.250. The SMILES string of the molecule is CC(C)(Cc1ccccc1)C(=O)c1ccccn1. The Kier molecular flexibility index (Phi) is 3.56. The maximum atomic E-state index is 12.4. The number of Topliss-reactive ketones (excluding diaryl/α,β-unsaturated/α-hetero) is 1. The number of rotatable bonds is 4. The first-order valence-corrected chi connectivity index (χ1v) is 6.09. The molecule has 2 rings (SSSR count). The van der Waals surface area contributed by atoms with E-state index in [1.54, 1.807) is 12.3 Å². The minimum atomic E-state index is -0.435. The topological polar surface area (TPSA) is 30.0 Å². The molecule has 2 nitrogen and oxygen atoms in total. The van der Waals surface area contributed by atoms with Crippen LogP contribution in [0.2, 0.25) is 0 Å². The molecule has 0 N–H and O–H groups in total. The summed E-state index contributed by atoms with van der Waals surface area (Å²) in [6, 6.07) is 15.5. The van der Waals surface area contributed by atoms with Crippen LogP contribution in [0, 0.1) is 5.41 Å². The van der Waals surface area contributed by atoms with Crippen LogP contribution in [0.25, 0.3) is 0 Å². The number of pyridine rings is 1. The molecule has 0 atom stereocenters. The van der Waals surface area contributed by atoms with Crippen LogP contribution < -0.4 is 0 Å². The van der Waals surface area contributed by atoms with Gasteiger partial charge in [0.1, 0.15) is 5.69 Å². The standard InChI is InChI=1S/C16H17NO/c1-16(2,12-13-8-4-3-5-9-13)15(18)14-10-6-7-11-17-14/h3-11H,12H2,1-2H3. The van der Waals surface area contributed by atoms with Crippen LogP contribution in [0.3, 0.4) is 0 Å². The number of benzene rings is 1. The van der Waals surface area contributed by atoms with Crippen molar-refractivity contribution in [3.63, 3.8) is 0 Å². The summed E-state index contributed by atoms with van der Waals surface area (Å²) in [6.07, 6.45) is 2.38. The number of hydrogen-bond donors (Lipinski definition) is 0. The highest BCUT2D eigenvalue weighted by molar-refractivity contribution is 5.98. The molecule has 0 fully saturated rings. The van der Waals surface area contributed by atoms with E-state index in [2.05, 4.69) is 4.98 Å². The normalized spacial score (nSPS) is 11.2. The van der Waals surface area contributed by atoms with E-state index >= 15 is 0 Å². The number of hydrogen-bond acceptors (Lipinski definition) is 2. The Bertz CT molecular complexity index is 517. The number of nitrogens with zero attached hydrogens (tertiary/aromatic N) is 1. The molecule has 1 aromatic heterocycles. The van der Waals surface area contributed by atoms with E-state index in [0.29, 0.717) is 5.69 Å². The molecule has 2 heteroatoms. The molecule has 0 saturated carbocycles. The summed E-state index contributed by atoms with van der Waals surface area (Å²) in [5.41, 5.74) is 1.28. The van der Waals surface area contributed by atoms with Crippen molar-refractivity contribution >= 4 is 5.78 Å². The van der Waals surface area contributed by atoms with Crippen molar-refractivity contribution in [2.75, 3.05) is 0 Å². The smallest absolute Gasteiger partial charge is 0.187 e. The second-order valence-electron chi connectivity index (χ2n) is 5.09. The van der Waals surface area contributed by atoms with Gasteiger partial charge in [-0.2, -0.15) is 0 Å². The van der Waals surface area contributed by atoms with Gasteiger partial charge in [0, 0.05) is 11.6 Å². The summed E-state index contributed by atoms with van der Waals surface area (Å²) in [7, 11) is 0. The van der Waals surface area contributed by atoms with E-state index in [1.807, 2.05) is 56.3 Å². The van der Waals surface area contributed by atoms with Crippen LogP contribution >= 0.6 is 0 Å². The summed E-state index contributed by atoms with van der Waals surface area (Å²) in [5.74, 6) is 0.0898. The zero-order valence-electron chi connectivity index (χ0n) is 10.8. The van der Waals surface area contributed by atoms with Crippen molar-refractivity contribution in [2.45, 2.75) is 20.3 Å². The van der Waals surface area contributed by atoms with Gasteiger partial charge in [-0.1, -0.05) is 50.2 Å². The third-order valence-corrected chi connectivity index (χ3v) is 3.00. The predicted octanol–water partition coefficient (Wildman–Crippen LogP) is 3.53. The molecular formula is C16H17NO. The van der Waals surface area contributed by atoms with E-state index in [9.17, 15) is 4.79 Å². The molecule has 0 spiro atoms. The van der Waals surface area contributed by atoms with Crippen LogP contribution in [-0.4, -0.2) is 10.8 Å². The van der Waals surface area contributed by atoms with Gasteiger partial charge >= 0.3 is 0 Å². The minimum Gasteiger partial charge on any atom is -0.292 e. The zero-order chi connectivity index (χ0) is 13.0. The average molecular weight is 239 g/mol. The Morgan fingerprint density at radius 2 is 1.72 bits per heavy atom. The van der Waals surface area contributed by atoms with Crippen molar-refractivity contribution in [1.29, 1.82) is 0 Å². The van der Waals surface area contributed by atoms with Gasteiger partial charge < -0.3 is 0 Å². The number of carbonyl (C=O) groups excluding carboxylic acids is 1. The lowest BCUT2D eigenvalue weighted by molar-refractivity contribution is 0.0832. The molecule has 0 amide bonds. The van der Waals surface area contributed by atoms with E-state index in [0.717, 1.165) is 6.42 Å². The summed E-state index contributed by atoms with van der Waals surface area (Å²) in [6.45, 7) is 3.94. The molecule has 1 aromatic carbocycles. The molecule has 0 aliphatic rings. The Morgan fingerprint density at radius 1 is 1.06 bits per heavy atom. The van der Waals surface area contributed by atoms with Crippen molar-refractivity contribution in [1.82, 2.24) is 4.98 Å². The average Bonchev–Trinajstić information content (AvgIpc) is 2.39. The molecule has 1 heterocycles. The van der Waals surface area contributed by atoms with E-state index in [-0.39, 0.29) is 5.78 Å². The van der Waals surface area contributed by atoms with Crippen molar-refractivity contribution in [3.05, 3.63) is 66.0 Å². The third kappa shape index (κ3) is 2.83. The highest BCUT2D eigenvalue weighted by atomic mass is 16.1. The fourth-order valence-electron chi connectivity index (χ4n) is 2.03. The Labute approximate surface area is 108 Å². The fourth-order valence-corrected chi connectivity index (χ4v) is 2.03. The maximum absolute atomic E-state index is 12.4. The minimum absolute atomic E-state index is 0.0898. The Balaban J connectivity index is 2.19. The van der Waals surface area contributed by atoms with Crippen molar-refractivity contribution in [2.24, 2.45) is 5.41 Å². The predicted molar refractivity (Wildman–Crippen MR) is 72.5 cm³/mol. The van der Waals surface area contributed by atoms with Gasteiger partial charge in [-0.25, -0.2) is 0 Å². The monoisotopic (exact) mass is 239 g/mol. The van der Waals surface area contributed by atoms with Gasteiger partial charge in [0.2, 0.25) is 0 Å². The maximum Gasteiger partial charge on any atom is 0.187 e. The first kappa shape index (κ1) is 12.5. The van der Waals surface area contributed by atoms with Crippen LogP contribution in [0.5, 0.6) is 0 Å². The van der Waals surface area contributed by atoms with Crippen LogP contribution in [0.4, 0.5) is 0 Å². The molecule has 0 bridgehead atoms. The van der Waals surface area contributed by atoms with Gasteiger partial charge in [0.25, 0.3) is 0 Å². The molecule has 0 aliphatic heterocycles. The van der Waals surface area contributed by atoms with Crippen molar-refractivity contribution < 1.29 is 4.79 Å². The molecule has 0 radical (unpaired) electrons. The number of carbonyl (C=O) groups is 1. The zero-order valence-corrected chi connectivity index (χ0v) is 10.8. The molecular weight excluding hydrogens is 222 g/mol. The van der Waals surface area contributed by atoms with E-state index < -0.39 is 5.41 Å². The van der Waals surface area contributed by atoms with Crippen LogP contribution in [-0.2, 0) is 6.42 Å². The lowest BCUT2D eigenvalue weighted by Gasteiger charge is -2.22. The molecule has 0 aliphatic carbocycles. The van der Waals surface area contributed by atoms with Crippen LogP contribution in [0.15, 0.2) is 54.7 Å². The molecule has 0 saturated heterocycles. The highest BCUT2D eigenvalue weighted by Gasteiger charge is 2.29. The lowest BCUT2D eigenvalue weighted by Crippen LogP contribution is -2.27. The second kappa shape index (κ2) is 5.13. The quantitative estimate of drug-likeness (QED) is 0.764. The molecule has 2 aromatic rings. The lowest BCUT2D eigenvalue weighted by atomic mass is 9.80. The Hall–Kier alpha value is -1.96. The van der Waals surface area contributed by atoms with E-state index in [4.69, 9.17) is 0 Å². The number of ketones is 1. The summed E-state index contributed by atoms with van der Waals surface area (Å²) < 4.78 is 0. The van der Waals surface area contributed by atoms with Gasteiger partial charge in [-0.05, 0) is 24.1 Å². The Morgan fingerprint density at radius 3 is 2.33 bits per heavy atom. The number of aromatic nitrogens is 1.